The van der Waals surface area contributed by atoms with Gasteiger partial charge in [0.15, 0.2) is 0 Å². The van der Waals surface area contributed by atoms with Gasteiger partial charge in [0.2, 0.25) is 0 Å². The van der Waals surface area contributed by atoms with Crippen LogP contribution >= 0.6 is 36.4 Å². The van der Waals surface area contributed by atoms with Gasteiger partial charge in [-0.3, -0.25) is 0 Å². The molecule has 1 heterocycles. The van der Waals surface area contributed by atoms with Crippen molar-refractivity contribution in [2.75, 3.05) is 6.54 Å². The maximum atomic E-state index is 5.98. The van der Waals surface area contributed by atoms with Crippen molar-refractivity contribution in [3.05, 3.63) is 35.0 Å². The van der Waals surface area contributed by atoms with Crippen LogP contribution in [0.15, 0.2) is 24.4 Å². The van der Waals surface area contributed by atoms with E-state index in [0.717, 1.165) is 23.4 Å². The Kier molecular flexibility index (Phi) is 7.67. The van der Waals surface area contributed by atoms with Crippen LogP contribution in [-0.2, 0) is 6.42 Å². The first-order valence-electron chi connectivity index (χ1n) is 5.42. The van der Waals surface area contributed by atoms with Crippen molar-refractivity contribution in [1.82, 2.24) is 4.98 Å². The Hall–Kier alpha value is -0.450. The summed E-state index contributed by atoms with van der Waals surface area (Å²) in [4.78, 5) is 3.23. The fraction of sp³-hybridized carbons (Fsp3) is 0.333. The van der Waals surface area contributed by atoms with E-state index < -0.39 is 0 Å². The number of aromatic amines is 1. The number of nitrogens with two attached hydrogens (primary N) is 2. The highest BCUT2D eigenvalue weighted by Gasteiger charge is 2.06. The summed E-state index contributed by atoms with van der Waals surface area (Å²) < 4.78 is 0. The lowest BCUT2D eigenvalue weighted by molar-refractivity contribution is 0.624. The summed E-state index contributed by atoms with van der Waals surface area (Å²) in [5, 5.41) is 1.94. The summed E-state index contributed by atoms with van der Waals surface area (Å²) in [6.07, 6.45) is 3.85. The maximum Gasteiger partial charge on any atom is 0.0457 e. The molecule has 6 heteroatoms. The molecule has 0 aliphatic rings. The third-order valence-corrected chi connectivity index (χ3v) is 3.05. The highest BCUT2D eigenvalue weighted by molar-refractivity contribution is 6.31. The topological polar surface area (TPSA) is 67.8 Å². The number of benzene rings is 1. The molecule has 0 amide bonds. The second-order valence-electron chi connectivity index (χ2n) is 4.04. The van der Waals surface area contributed by atoms with E-state index in [2.05, 4.69) is 4.98 Å². The van der Waals surface area contributed by atoms with Crippen molar-refractivity contribution in [3.8, 4) is 0 Å². The lowest BCUT2D eigenvalue weighted by Gasteiger charge is -2.07. The number of hydrogen-bond acceptors (Lipinski definition) is 2. The van der Waals surface area contributed by atoms with Gasteiger partial charge in [0.05, 0.1) is 0 Å². The molecule has 0 spiro atoms. The number of rotatable bonds is 4. The minimum Gasteiger partial charge on any atom is -0.361 e. The largest absolute Gasteiger partial charge is 0.361 e. The zero-order chi connectivity index (χ0) is 11.5. The molecule has 1 unspecified atom stereocenters. The van der Waals surface area contributed by atoms with Crippen LogP contribution in [0.5, 0.6) is 0 Å². The van der Waals surface area contributed by atoms with Gasteiger partial charge >= 0.3 is 0 Å². The van der Waals surface area contributed by atoms with E-state index in [1.165, 1.54) is 10.9 Å². The number of hydrogen-bond donors (Lipinski definition) is 3. The normalized spacial score (nSPS) is 11.7. The van der Waals surface area contributed by atoms with Gasteiger partial charge < -0.3 is 16.5 Å². The molecule has 1 aromatic heterocycles. The minimum absolute atomic E-state index is 0. The standard InChI is InChI=1S/C12H16ClN3.2ClH/c13-9-2-4-12-11(5-9)8(7-16-12)1-3-10(15)6-14;;/h2,4-5,7,10,16H,1,3,6,14-15H2;2*1H. The van der Waals surface area contributed by atoms with Crippen molar-refractivity contribution in [2.45, 2.75) is 18.9 Å². The Morgan fingerprint density at radius 2 is 2.00 bits per heavy atom. The average molecular weight is 311 g/mol. The first kappa shape index (κ1) is 17.6. The molecule has 0 saturated carbocycles. The highest BCUT2D eigenvalue weighted by Crippen LogP contribution is 2.23. The molecule has 3 nitrogen and oxygen atoms in total. The number of aromatic nitrogens is 1. The van der Waals surface area contributed by atoms with Crippen molar-refractivity contribution in [3.63, 3.8) is 0 Å². The molecule has 0 aliphatic heterocycles. The monoisotopic (exact) mass is 309 g/mol. The molecule has 1 aromatic carbocycles. The molecule has 2 rings (SSSR count). The first-order chi connectivity index (χ1) is 7.70. The van der Waals surface area contributed by atoms with Crippen LogP contribution in [0, 0.1) is 0 Å². The predicted molar refractivity (Wildman–Crippen MR) is 83.2 cm³/mol. The van der Waals surface area contributed by atoms with Crippen molar-refractivity contribution in [2.24, 2.45) is 11.5 Å². The van der Waals surface area contributed by atoms with Gasteiger partial charge in [0.25, 0.3) is 0 Å². The number of halogens is 3. The van der Waals surface area contributed by atoms with Crippen LogP contribution < -0.4 is 11.5 Å². The van der Waals surface area contributed by atoms with Crippen LogP contribution in [0.25, 0.3) is 10.9 Å². The molecular formula is C12H18Cl3N3. The van der Waals surface area contributed by atoms with Gasteiger partial charge in [-0.05, 0) is 36.6 Å². The van der Waals surface area contributed by atoms with Crippen LogP contribution in [0.3, 0.4) is 0 Å². The van der Waals surface area contributed by atoms with E-state index in [-0.39, 0.29) is 30.9 Å². The zero-order valence-electron chi connectivity index (χ0n) is 9.86. The first-order valence-corrected chi connectivity index (χ1v) is 5.79. The molecule has 2 aromatic rings. The van der Waals surface area contributed by atoms with Crippen LogP contribution in [0.1, 0.15) is 12.0 Å². The van der Waals surface area contributed by atoms with Crippen LogP contribution in [0.2, 0.25) is 5.02 Å². The number of aryl methyl sites for hydroxylation is 1. The van der Waals surface area contributed by atoms with E-state index in [0.29, 0.717) is 6.54 Å². The van der Waals surface area contributed by atoms with E-state index in [9.17, 15) is 0 Å². The average Bonchev–Trinajstić information content (AvgIpc) is 2.68. The molecule has 0 aliphatic carbocycles. The lowest BCUT2D eigenvalue weighted by Crippen LogP contribution is -2.29. The van der Waals surface area contributed by atoms with E-state index in [4.69, 9.17) is 23.1 Å². The van der Waals surface area contributed by atoms with Gasteiger partial charge in [0, 0.05) is 34.7 Å². The van der Waals surface area contributed by atoms with E-state index >= 15 is 0 Å². The number of fused-ring (bicyclic) bond motifs is 1. The maximum absolute atomic E-state index is 5.98. The van der Waals surface area contributed by atoms with Gasteiger partial charge in [0.1, 0.15) is 0 Å². The van der Waals surface area contributed by atoms with Crippen LogP contribution in [-0.4, -0.2) is 17.6 Å². The smallest absolute Gasteiger partial charge is 0.0457 e. The molecule has 102 valence electrons. The van der Waals surface area contributed by atoms with Gasteiger partial charge in [-0.2, -0.15) is 0 Å². The van der Waals surface area contributed by atoms with Gasteiger partial charge in [-0.25, -0.2) is 0 Å². The molecule has 0 saturated heterocycles. The van der Waals surface area contributed by atoms with E-state index in [1.54, 1.807) is 0 Å². The molecule has 5 N–H and O–H groups in total. The Morgan fingerprint density at radius 1 is 1.28 bits per heavy atom. The third kappa shape index (κ3) is 4.04. The van der Waals surface area contributed by atoms with Crippen molar-refractivity contribution < 1.29 is 0 Å². The summed E-state index contributed by atoms with van der Waals surface area (Å²) in [6.45, 7) is 0.531. The molecule has 18 heavy (non-hydrogen) atoms. The molecular weight excluding hydrogens is 293 g/mol. The van der Waals surface area contributed by atoms with Gasteiger partial charge in [-0.1, -0.05) is 11.6 Å². The highest BCUT2D eigenvalue weighted by atomic mass is 35.5. The second-order valence-corrected chi connectivity index (χ2v) is 4.47. The summed E-state index contributed by atoms with van der Waals surface area (Å²) >= 11 is 5.98. The predicted octanol–water partition coefficient (Wildman–Crippen LogP) is 2.88. The zero-order valence-corrected chi connectivity index (χ0v) is 12.2. The fourth-order valence-corrected chi connectivity index (χ4v) is 1.99. The van der Waals surface area contributed by atoms with Crippen LogP contribution in [0.4, 0.5) is 0 Å². The third-order valence-electron chi connectivity index (χ3n) is 2.82. The Bertz CT molecular complexity index is 484. The Labute approximate surface area is 124 Å². The molecule has 0 radical (unpaired) electrons. The molecule has 1 atom stereocenters. The number of nitrogens with one attached hydrogen (secondary N) is 1. The lowest BCUT2D eigenvalue weighted by atomic mass is 10.1. The van der Waals surface area contributed by atoms with E-state index in [1.807, 2.05) is 24.4 Å². The quantitative estimate of drug-likeness (QED) is 0.813. The summed E-state index contributed by atoms with van der Waals surface area (Å²) in [7, 11) is 0. The number of H-pyrrole nitrogens is 1. The summed E-state index contributed by atoms with van der Waals surface area (Å²) in [5.74, 6) is 0. The van der Waals surface area contributed by atoms with Crippen molar-refractivity contribution >= 4 is 47.3 Å². The van der Waals surface area contributed by atoms with Crippen molar-refractivity contribution in [1.29, 1.82) is 0 Å². The fourth-order valence-electron chi connectivity index (χ4n) is 1.82. The summed E-state index contributed by atoms with van der Waals surface area (Å²) in [6, 6.07) is 5.93. The Balaban J connectivity index is 0.00000144. The second kappa shape index (κ2) is 7.87. The molecule has 0 fully saturated rings. The minimum atomic E-state index is 0. The Morgan fingerprint density at radius 3 is 2.67 bits per heavy atom. The molecule has 0 bridgehead atoms. The summed E-state index contributed by atoms with van der Waals surface area (Å²) in [5.41, 5.74) is 13.7. The van der Waals surface area contributed by atoms with Gasteiger partial charge in [-0.15, -0.1) is 24.8 Å². The SMILES string of the molecule is Cl.Cl.NCC(N)CCc1c[nH]c2ccc(Cl)cc12.